The SMILES string of the molecule is COC(=O)c1ccccc1Cn1nnc2c1CCN(C(=O)OC(C)(C)C)C2. The van der Waals surface area contributed by atoms with Crippen LogP contribution in [0.3, 0.4) is 0 Å². The number of fused-ring (bicyclic) bond motifs is 1. The molecule has 2 heterocycles. The third-order valence-corrected chi connectivity index (χ3v) is 4.27. The fraction of sp³-hybridized carbons (Fsp3) is 0.474. The molecule has 0 bridgehead atoms. The van der Waals surface area contributed by atoms with Crippen LogP contribution in [0.15, 0.2) is 24.3 Å². The largest absolute Gasteiger partial charge is 0.465 e. The van der Waals surface area contributed by atoms with Crippen LogP contribution in [0.2, 0.25) is 0 Å². The average Bonchev–Trinajstić information content (AvgIpc) is 3.02. The van der Waals surface area contributed by atoms with Gasteiger partial charge in [0.05, 0.1) is 31.5 Å². The molecule has 3 rings (SSSR count). The number of ether oxygens (including phenoxy) is 2. The van der Waals surface area contributed by atoms with Crippen LogP contribution < -0.4 is 0 Å². The van der Waals surface area contributed by atoms with Crippen molar-refractivity contribution in [3.05, 3.63) is 46.8 Å². The lowest BCUT2D eigenvalue weighted by Gasteiger charge is -2.29. The van der Waals surface area contributed by atoms with E-state index < -0.39 is 5.60 Å². The maximum absolute atomic E-state index is 12.3. The van der Waals surface area contributed by atoms with Crippen molar-refractivity contribution in [1.82, 2.24) is 19.9 Å². The number of rotatable bonds is 3. The Bertz CT molecular complexity index is 854. The predicted molar refractivity (Wildman–Crippen MR) is 97.3 cm³/mol. The maximum Gasteiger partial charge on any atom is 0.410 e. The van der Waals surface area contributed by atoms with E-state index in [-0.39, 0.29) is 12.1 Å². The molecule has 1 aromatic heterocycles. The molecule has 2 aromatic rings. The zero-order valence-corrected chi connectivity index (χ0v) is 16.1. The second kappa shape index (κ2) is 7.38. The second-order valence-corrected chi connectivity index (χ2v) is 7.44. The highest BCUT2D eigenvalue weighted by Crippen LogP contribution is 2.21. The molecule has 0 aliphatic carbocycles. The van der Waals surface area contributed by atoms with Gasteiger partial charge in [-0.15, -0.1) is 5.10 Å². The van der Waals surface area contributed by atoms with Crippen LogP contribution in [0.25, 0.3) is 0 Å². The first-order valence-corrected chi connectivity index (χ1v) is 8.84. The summed E-state index contributed by atoms with van der Waals surface area (Å²) in [7, 11) is 1.36. The number of nitrogens with zero attached hydrogens (tertiary/aromatic N) is 4. The summed E-state index contributed by atoms with van der Waals surface area (Å²) in [5, 5.41) is 8.45. The highest BCUT2D eigenvalue weighted by atomic mass is 16.6. The van der Waals surface area contributed by atoms with Crippen LogP contribution in [0.4, 0.5) is 4.79 Å². The molecule has 0 unspecified atom stereocenters. The lowest BCUT2D eigenvalue weighted by Crippen LogP contribution is -2.40. The van der Waals surface area contributed by atoms with Gasteiger partial charge < -0.3 is 14.4 Å². The Balaban J connectivity index is 1.76. The Morgan fingerprint density at radius 3 is 2.67 bits per heavy atom. The summed E-state index contributed by atoms with van der Waals surface area (Å²) in [6, 6.07) is 7.27. The highest BCUT2D eigenvalue weighted by molar-refractivity contribution is 5.90. The van der Waals surface area contributed by atoms with Gasteiger partial charge in [0.2, 0.25) is 0 Å². The van der Waals surface area contributed by atoms with Gasteiger partial charge in [-0.1, -0.05) is 23.4 Å². The average molecular weight is 372 g/mol. The molecule has 144 valence electrons. The Kier molecular flexibility index (Phi) is 5.16. The lowest BCUT2D eigenvalue weighted by molar-refractivity contribution is 0.0219. The molecule has 0 spiro atoms. The van der Waals surface area contributed by atoms with Gasteiger partial charge in [0.1, 0.15) is 11.3 Å². The van der Waals surface area contributed by atoms with E-state index in [4.69, 9.17) is 9.47 Å². The first-order valence-electron chi connectivity index (χ1n) is 8.84. The number of carbonyl (C=O) groups excluding carboxylic acids is 2. The minimum Gasteiger partial charge on any atom is -0.465 e. The number of carbonyl (C=O) groups is 2. The monoisotopic (exact) mass is 372 g/mol. The standard InChI is InChI=1S/C19H24N4O4/c1-19(2,3)27-18(25)22-10-9-16-15(12-22)20-21-23(16)11-13-7-5-6-8-14(13)17(24)26-4/h5-8H,9-12H2,1-4H3. The molecule has 0 N–H and O–H groups in total. The molecule has 1 aliphatic heterocycles. The van der Waals surface area contributed by atoms with Gasteiger partial charge in [-0.05, 0) is 32.4 Å². The zero-order valence-electron chi connectivity index (χ0n) is 16.1. The third-order valence-electron chi connectivity index (χ3n) is 4.27. The number of aromatic nitrogens is 3. The molecular formula is C19H24N4O4. The number of benzene rings is 1. The minimum atomic E-state index is -0.535. The number of hydrogen-bond donors (Lipinski definition) is 0. The Morgan fingerprint density at radius 1 is 1.22 bits per heavy atom. The van der Waals surface area contributed by atoms with Gasteiger partial charge in [-0.3, -0.25) is 0 Å². The highest BCUT2D eigenvalue weighted by Gasteiger charge is 2.29. The van der Waals surface area contributed by atoms with E-state index >= 15 is 0 Å². The molecule has 8 nitrogen and oxygen atoms in total. The number of esters is 1. The molecule has 1 aromatic carbocycles. The fourth-order valence-electron chi connectivity index (χ4n) is 3.00. The molecule has 1 aliphatic rings. The molecule has 0 fully saturated rings. The smallest absolute Gasteiger partial charge is 0.410 e. The molecule has 1 amide bonds. The molecular weight excluding hydrogens is 348 g/mol. The number of amides is 1. The van der Waals surface area contributed by atoms with Crippen molar-refractivity contribution < 1.29 is 19.1 Å². The molecule has 0 radical (unpaired) electrons. The van der Waals surface area contributed by atoms with Crippen molar-refractivity contribution in [1.29, 1.82) is 0 Å². The van der Waals surface area contributed by atoms with Crippen molar-refractivity contribution in [2.24, 2.45) is 0 Å². The van der Waals surface area contributed by atoms with Gasteiger partial charge in [-0.2, -0.15) is 0 Å². The van der Waals surface area contributed by atoms with E-state index in [2.05, 4.69) is 10.3 Å². The van der Waals surface area contributed by atoms with Crippen molar-refractivity contribution in [3.63, 3.8) is 0 Å². The third kappa shape index (κ3) is 4.27. The van der Waals surface area contributed by atoms with Gasteiger partial charge in [0.15, 0.2) is 0 Å². The van der Waals surface area contributed by atoms with Crippen LogP contribution in [0.5, 0.6) is 0 Å². The number of hydrogen-bond acceptors (Lipinski definition) is 6. The van der Waals surface area contributed by atoms with E-state index in [1.54, 1.807) is 21.7 Å². The zero-order chi connectivity index (χ0) is 19.6. The first kappa shape index (κ1) is 18.9. The fourth-order valence-corrected chi connectivity index (χ4v) is 3.00. The topological polar surface area (TPSA) is 86.6 Å². The first-order chi connectivity index (χ1) is 12.8. The summed E-state index contributed by atoms with van der Waals surface area (Å²) in [5.41, 5.74) is 2.51. The summed E-state index contributed by atoms with van der Waals surface area (Å²) in [4.78, 5) is 25.9. The van der Waals surface area contributed by atoms with E-state index in [9.17, 15) is 9.59 Å². The number of methoxy groups -OCH3 is 1. The van der Waals surface area contributed by atoms with E-state index in [1.807, 2.05) is 32.9 Å². The summed E-state index contributed by atoms with van der Waals surface area (Å²) in [6.45, 7) is 6.84. The van der Waals surface area contributed by atoms with Crippen LogP contribution in [0, 0.1) is 0 Å². The van der Waals surface area contributed by atoms with Crippen LogP contribution in [-0.2, 0) is 29.0 Å². The van der Waals surface area contributed by atoms with Gasteiger partial charge in [-0.25, -0.2) is 14.3 Å². The van der Waals surface area contributed by atoms with E-state index in [0.29, 0.717) is 31.6 Å². The molecule has 0 saturated heterocycles. The quantitative estimate of drug-likeness (QED) is 0.769. The van der Waals surface area contributed by atoms with Crippen LogP contribution in [-0.4, -0.2) is 51.2 Å². The van der Waals surface area contributed by atoms with Crippen LogP contribution in [0.1, 0.15) is 48.1 Å². The van der Waals surface area contributed by atoms with Gasteiger partial charge in [0, 0.05) is 13.0 Å². The molecule has 0 atom stereocenters. The van der Waals surface area contributed by atoms with Crippen molar-refractivity contribution in [3.8, 4) is 0 Å². The summed E-state index contributed by atoms with van der Waals surface area (Å²) < 4.78 is 12.1. The Morgan fingerprint density at radius 2 is 1.96 bits per heavy atom. The molecule has 27 heavy (non-hydrogen) atoms. The summed E-state index contributed by atoms with van der Waals surface area (Å²) >= 11 is 0. The molecule has 8 heteroatoms. The maximum atomic E-state index is 12.3. The second-order valence-electron chi connectivity index (χ2n) is 7.44. The van der Waals surface area contributed by atoms with Crippen molar-refractivity contribution in [2.45, 2.75) is 45.9 Å². The Hall–Kier alpha value is -2.90. The molecule has 0 saturated carbocycles. The van der Waals surface area contributed by atoms with Gasteiger partial charge in [0.25, 0.3) is 0 Å². The minimum absolute atomic E-state index is 0.348. The summed E-state index contributed by atoms with van der Waals surface area (Å²) in [6.07, 6.45) is 0.279. The summed E-state index contributed by atoms with van der Waals surface area (Å²) in [5.74, 6) is -0.379. The predicted octanol–water partition coefficient (Wildman–Crippen LogP) is 2.41. The normalized spacial score (nSPS) is 13.9. The van der Waals surface area contributed by atoms with Crippen molar-refractivity contribution in [2.75, 3.05) is 13.7 Å². The lowest BCUT2D eigenvalue weighted by atomic mass is 10.1. The van der Waals surface area contributed by atoms with Crippen molar-refractivity contribution >= 4 is 12.1 Å². The van der Waals surface area contributed by atoms with E-state index in [1.165, 1.54) is 7.11 Å². The van der Waals surface area contributed by atoms with Gasteiger partial charge >= 0.3 is 12.1 Å². The van der Waals surface area contributed by atoms with E-state index in [0.717, 1.165) is 17.0 Å². The Labute approximate surface area is 158 Å². The van der Waals surface area contributed by atoms with Crippen LogP contribution >= 0.6 is 0 Å².